The number of hydrogen-bond acceptors (Lipinski definition) is 4. The van der Waals surface area contributed by atoms with Crippen LogP contribution in [0.1, 0.15) is 22.5 Å². The summed E-state index contributed by atoms with van der Waals surface area (Å²) in [6.07, 6.45) is 0.961. The van der Waals surface area contributed by atoms with E-state index in [0.717, 1.165) is 36.5 Å². The predicted molar refractivity (Wildman–Crippen MR) is 89.2 cm³/mol. The van der Waals surface area contributed by atoms with Crippen LogP contribution in [0.15, 0.2) is 24.3 Å². The molecular formula is C17H24N4O2. The molecule has 0 spiro atoms. The van der Waals surface area contributed by atoms with Crippen LogP contribution < -0.4 is 10.5 Å². The molecule has 0 radical (unpaired) electrons. The van der Waals surface area contributed by atoms with Gasteiger partial charge in [0, 0.05) is 18.8 Å². The van der Waals surface area contributed by atoms with Gasteiger partial charge in [-0.3, -0.25) is 9.89 Å². The molecule has 0 aliphatic carbocycles. The second-order valence-corrected chi connectivity index (χ2v) is 5.80. The van der Waals surface area contributed by atoms with Crippen LogP contribution in [-0.2, 0) is 17.8 Å². The number of ether oxygens (including phenoxy) is 1. The summed E-state index contributed by atoms with van der Waals surface area (Å²) in [5.41, 5.74) is 9.72. The fraction of sp³-hybridized carbons (Fsp3) is 0.412. The van der Waals surface area contributed by atoms with Gasteiger partial charge in [-0.2, -0.15) is 5.10 Å². The van der Waals surface area contributed by atoms with E-state index in [9.17, 15) is 4.79 Å². The lowest BCUT2D eigenvalue weighted by Crippen LogP contribution is -2.21. The Labute approximate surface area is 136 Å². The van der Waals surface area contributed by atoms with Gasteiger partial charge in [-0.05, 0) is 50.6 Å². The molecule has 124 valence electrons. The number of hydrogen-bond donors (Lipinski definition) is 2. The van der Waals surface area contributed by atoms with E-state index in [1.807, 2.05) is 31.2 Å². The van der Waals surface area contributed by atoms with Crippen molar-refractivity contribution >= 4 is 5.91 Å². The summed E-state index contributed by atoms with van der Waals surface area (Å²) in [5, 5.41) is 7.24. The predicted octanol–water partition coefficient (Wildman–Crippen LogP) is 1.57. The van der Waals surface area contributed by atoms with Crippen LogP contribution >= 0.6 is 0 Å². The zero-order valence-corrected chi connectivity index (χ0v) is 13.9. The van der Waals surface area contributed by atoms with Crippen molar-refractivity contribution in [3.8, 4) is 5.75 Å². The molecule has 1 aromatic heterocycles. The number of carbonyl (C=O) groups excluding carboxylic acids is 1. The topological polar surface area (TPSA) is 84.2 Å². The lowest BCUT2D eigenvalue weighted by molar-refractivity contribution is -0.119. The Kier molecular flexibility index (Phi) is 5.76. The third-order valence-electron chi connectivity index (χ3n) is 3.76. The lowest BCUT2D eigenvalue weighted by Gasteiger charge is -2.17. The normalized spacial score (nSPS) is 11.0. The van der Waals surface area contributed by atoms with Crippen molar-refractivity contribution in [3.63, 3.8) is 0 Å². The fourth-order valence-corrected chi connectivity index (χ4v) is 2.52. The number of nitrogens with two attached hydrogens (primary N) is 1. The van der Waals surface area contributed by atoms with Crippen LogP contribution in [0.25, 0.3) is 0 Å². The highest BCUT2D eigenvalue weighted by molar-refractivity contribution is 5.75. The Morgan fingerprint density at radius 1 is 1.39 bits per heavy atom. The van der Waals surface area contributed by atoms with E-state index in [1.165, 1.54) is 5.56 Å². The van der Waals surface area contributed by atoms with E-state index >= 15 is 0 Å². The molecule has 2 aromatic rings. The molecule has 23 heavy (non-hydrogen) atoms. The van der Waals surface area contributed by atoms with Gasteiger partial charge in [0.05, 0.1) is 5.69 Å². The van der Waals surface area contributed by atoms with E-state index in [4.69, 9.17) is 10.5 Å². The van der Waals surface area contributed by atoms with Gasteiger partial charge in [0.15, 0.2) is 6.61 Å². The van der Waals surface area contributed by atoms with Crippen molar-refractivity contribution in [2.24, 2.45) is 5.73 Å². The maximum Gasteiger partial charge on any atom is 0.255 e. The number of likely N-dealkylation sites (N-methyl/N-ethyl adjacent to an activating group) is 1. The van der Waals surface area contributed by atoms with Gasteiger partial charge in [0.2, 0.25) is 0 Å². The van der Waals surface area contributed by atoms with E-state index in [2.05, 4.69) is 29.1 Å². The van der Waals surface area contributed by atoms with E-state index in [0.29, 0.717) is 5.75 Å². The molecule has 0 bridgehead atoms. The number of benzene rings is 1. The molecule has 0 saturated heterocycles. The van der Waals surface area contributed by atoms with Crippen molar-refractivity contribution in [1.29, 1.82) is 0 Å². The average molecular weight is 316 g/mol. The van der Waals surface area contributed by atoms with E-state index in [1.54, 1.807) is 0 Å². The number of carbonyl (C=O) groups is 1. The second kappa shape index (κ2) is 7.78. The number of H-pyrrole nitrogens is 1. The first kappa shape index (κ1) is 17.0. The molecule has 0 atom stereocenters. The Morgan fingerprint density at radius 2 is 2.17 bits per heavy atom. The summed E-state index contributed by atoms with van der Waals surface area (Å²) < 4.78 is 5.33. The first-order valence-electron chi connectivity index (χ1n) is 7.64. The van der Waals surface area contributed by atoms with Crippen LogP contribution in [0.3, 0.4) is 0 Å². The van der Waals surface area contributed by atoms with Gasteiger partial charge in [-0.15, -0.1) is 0 Å². The van der Waals surface area contributed by atoms with Gasteiger partial charge in [0.1, 0.15) is 5.75 Å². The monoisotopic (exact) mass is 316 g/mol. The SMILES string of the molecule is Cc1n[nH]c(C)c1CCN(C)Cc1cccc(OCC(N)=O)c1. The summed E-state index contributed by atoms with van der Waals surface area (Å²) in [7, 11) is 2.09. The minimum absolute atomic E-state index is 0.0989. The molecule has 0 aliphatic heterocycles. The van der Waals surface area contributed by atoms with Crippen molar-refractivity contribution in [2.75, 3.05) is 20.2 Å². The summed E-state index contributed by atoms with van der Waals surface area (Å²) in [6.45, 7) is 5.73. The average Bonchev–Trinajstić information content (AvgIpc) is 2.82. The molecule has 6 nitrogen and oxygen atoms in total. The van der Waals surface area contributed by atoms with Crippen LogP contribution in [0, 0.1) is 13.8 Å². The molecule has 2 rings (SSSR count). The third-order valence-corrected chi connectivity index (χ3v) is 3.76. The number of nitrogens with one attached hydrogen (secondary N) is 1. The molecule has 0 saturated carbocycles. The van der Waals surface area contributed by atoms with Gasteiger partial charge in [0.25, 0.3) is 5.91 Å². The second-order valence-electron chi connectivity index (χ2n) is 5.80. The smallest absolute Gasteiger partial charge is 0.255 e. The zero-order valence-electron chi connectivity index (χ0n) is 13.9. The largest absolute Gasteiger partial charge is 0.484 e. The molecule has 1 heterocycles. The van der Waals surface area contributed by atoms with Crippen molar-refractivity contribution in [2.45, 2.75) is 26.8 Å². The summed E-state index contributed by atoms with van der Waals surface area (Å²) in [6, 6.07) is 7.73. The first-order chi connectivity index (χ1) is 11.0. The number of aromatic nitrogens is 2. The minimum atomic E-state index is -0.474. The van der Waals surface area contributed by atoms with Gasteiger partial charge in [-0.25, -0.2) is 0 Å². The zero-order chi connectivity index (χ0) is 16.8. The molecule has 0 aliphatic rings. The lowest BCUT2D eigenvalue weighted by atomic mass is 10.1. The maximum atomic E-state index is 10.8. The van der Waals surface area contributed by atoms with Crippen LogP contribution in [0.2, 0.25) is 0 Å². The van der Waals surface area contributed by atoms with Gasteiger partial charge in [-0.1, -0.05) is 12.1 Å². The molecule has 0 fully saturated rings. The van der Waals surface area contributed by atoms with Gasteiger partial charge < -0.3 is 15.4 Å². The van der Waals surface area contributed by atoms with Crippen LogP contribution in [-0.4, -0.2) is 41.2 Å². The summed E-state index contributed by atoms with van der Waals surface area (Å²) in [4.78, 5) is 13.0. The van der Waals surface area contributed by atoms with Crippen LogP contribution in [0.4, 0.5) is 0 Å². The molecule has 1 aromatic carbocycles. The van der Waals surface area contributed by atoms with E-state index < -0.39 is 5.91 Å². The van der Waals surface area contributed by atoms with E-state index in [-0.39, 0.29) is 6.61 Å². The van der Waals surface area contributed by atoms with Crippen molar-refractivity contribution < 1.29 is 9.53 Å². The van der Waals surface area contributed by atoms with Crippen molar-refractivity contribution in [1.82, 2.24) is 15.1 Å². The maximum absolute atomic E-state index is 10.8. The summed E-state index contributed by atoms with van der Waals surface area (Å²) >= 11 is 0. The first-order valence-corrected chi connectivity index (χ1v) is 7.64. The Bertz CT molecular complexity index is 647. The molecule has 3 N–H and O–H groups in total. The van der Waals surface area contributed by atoms with Crippen molar-refractivity contribution in [3.05, 3.63) is 46.8 Å². The molecular weight excluding hydrogens is 292 g/mol. The third kappa shape index (κ3) is 5.10. The quantitative estimate of drug-likeness (QED) is 0.774. The minimum Gasteiger partial charge on any atom is -0.484 e. The van der Waals surface area contributed by atoms with Gasteiger partial charge >= 0.3 is 0 Å². The highest BCUT2D eigenvalue weighted by Crippen LogP contribution is 2.15. The number of rotatable bonds is 8. The van der Waals surface area contributed by atoms with Crippen LogP contribution in [0.5, 0.6) is 5.75 Å². The number of aromatic amines is 1. The Morgan fingerprint density at radius 3 is 2.83 bits per heavy atom. The fourth-order valence-electron chi connectivity index (χ4n) is 2.52. The molecule has 6 heteroatoms. The molecule has 0 unspecified atom stereocenters. The number of amides is 1. The molecule has 1 amide bonds. The summed E-state index contributed by atoms with van der Waals surface area (Å²) in [5.74, 6) is 0.189. The number of aryl methyl sites for hydroxylation is 2. The Hall–Kier alpha value is -2.34. The standard InChI is InChI=1S/C17H24N4O2/c1-12-16(13(2)20-19-12)7-8-21(3)10-14-5-4-6-15(9-14)23-11-17(18)22/h4-6,9H,7-8,10-11H2,1-3H3,(H2,18,22)(H,19,20). The number of nitrogens with zero attached hydrogens (tertiary/aromatic N) is 2. The highest BCUT2D eigenvalue weighted by atomic mass is 16.5. The number of primary amides is 1. The Balaban J connectivity index is 1.88. The highest BCUT2D eigenvalue weighted by Gasteiger charge is 2.08.